The van der Waals surface area contributed by atoms with Gasteiger partial charge in [-0.1, -0.05) is 18.5 Å². The number of rotatable bonds is 5. The molecule has 0 bridgehead atoms. The highest BCUT2D eigenvalue weighted by Gasteiger charge is 2.17. The number of nitrogens with zero attached hydrogens (tertiary/aromatic N) is 3. The number of oxime groups is 1. The van der Waals surface area contributed by atoms with E-state index in [1.54, 1.807) is 0 Å². The number of amides is 1. The van der Waals surface area contributed by atoms with Crippen molar-refractivity contribution >= 4 is 11.7 Å². The quantitative estimate of drug-likeness (QED) is 0.291. The molecule has 1 aromatic heterocycles. The Morgan fingerprint density at radius 3 is 2.94 bits per heavy atom. The van der Waals surface area contributed by atoms with Crippen LogP contribution in [0.25, 0.3) is 0 Å². The van der Waals surface area contributed by atoms with E-state index in [0.29, 0.717) is 12.0 Å². The molecule has 0 saturated carbocycles. The molecule has 7 nitrogen and oxygen atoms in total. The van der Waals surface area contributed by atoms with Gasteiger partial charge in [0.15, 0.2) is 5.84 Å². The Morgan fingerprint density at radius 2 is 2.41 bits per heavy atom. The molecule has 4 N–H and O–H groups in total. The largest absolute Gasteiger partial charge is 0.409 e. The average Bonchev–Trinajstić information content (AvgIpc) is 2.38. The predicted octanol–water partition coefficient (Wildman–Crippen LogP) is 0.122. The second kappa shape index (κ2) is 6.41. The van der Waals surface area contributed by atoms with E-state index >= 15 is 0 Å². The van der Waals surface area contributed by atoms with Crippen molar-refractivity contribution in [2.24, 2.45) is 10.9 Å². The smallest absolute Gasteiger partial charge is 0.253 e. The van der Waals surface area contributed by atoms with Gasteiger partial charge in [0.25, 0.3) is 5.91 Å². The second-order valence-corrected chi connectivity index (χ2v) is 3.47. The number of hydrogen-bond donors (Lipinski definition) is 3. The summed E-state index contributed by atoms with van der Waals surface area (Å²) < 4.78 is 0. The minimum atomic E-state index is -0.481. The summed E-state index contributed by atoms with van der Waals surface area (Å²) in [7, 11) is 0. The van der Waals surface area contributed by atoms with Gasteiger partial charge >= 0.3 is 0 Å². The lowest BCUT2D eigenvalue weighted by molar-refractivity contribution is 0.0944. The summed E-state index contributed by atoms with van der Waals surface area (Å²) >= 11 is 0. The fourth-order valence-corrected chi connectivity index (χ4v) is 1.32. The molecule has 17 heavy (non-hydrogen) atoms. The van der Waals surface area contributed by atoms with Crippen LogP contribution in [0.1, 0.15) is 30.1 Å². The van der Waals surface area contributed by atoms with Gasteiger partial charge < -0.3 is 16.3 Å². The van der Waals surface area contributed by atoms with E-state index in [1.165, 1.54) is 18.5 Å². The minimum absolute atomic E-state index is 0.0118. The standard InChI is InChI=1S/C10H15N5O2/c1-2-3-8(9(11)15-17)14-10(16)7-4-5-12-13-6-7/h4-6,8,17H,2-3H2,1H3,(H2,11,15)(H,14,16). The van der Waals surface area contributed by atoms with Gasteiger partial charge in [-0.3, -0.25) is 4.79 Å². The van der Waals surface area contributed by atoms with Crippen molar-refractivity contribution < 1.29 is 10.0 Å². The van der Waals surface area contributed by atoms with Crippen LogP contribution < -0.4 is 11.1 Å². The van der Waals surface area contributed by atoms with Crippen molar-refractivity contribution in [1.29, 1.82) is 0 Å². The van der Waals surface area contributed by atoms with Gasteiger partial charge in [-0.2, -0.15) is 10.2 Å². The third-order valence-corrected chi connectivity index (χ3v) is 2.20. The Morgan fingerprint density at radius 1 is 1.65 bits per heavy atom. The van der Waals surface area contributed by atoms with E-state index in [4.69, 9.17) is 10.9 Å². The molecule has 7 heteroatoms. The van der Waals surface area contributed by atoms with Crippen LogP contribution in [0.2, 0.25) is 0 Å². The molecular weight excluding hydrogens is 222 g/mol. The highest BCUT2D eigenvalue weighted by molar-refractivity contribution is 5.97. The monoisotopic (exact) mass is 237 g/mol. The van der Waals surface area contributed by atoms with Crippen LogP contribution in [-0.4, -0.2) is 33.2 Å². The normalized spacial score (nSPS) is 13.1. The molecule has 0 saturated heterocycles. The average molecular weight is 237 g/mol. The minimum Gasteiger partial charge on any atom is -0.409 e. The lowest BCUT2D eigenvalue weighted by Gasteiger charge is -2.16. The summed E-state index contributed by atoms with van der Waals surface area (Å²) in [5.74, 6) is -0.341. The molecule has 1 unspecified atom stereocenters. The first kappa shape index (κ1) is 12.9. The van der Waals surface area contributed by atoms with Crippen LogP contribution >= 0.6 is 0 Å². The summed E-state index contributed by atoms with van der Waals surface area (Å²) in [6.07, 6.45) is 4.17. The first-order valence-corrected chi connectivity index (χ1v) is 5.24. The maximum atomic E-state index is 11.8. The van der Waals surface area contributed by atoms with Crippen molar-refractivity contribution in [1.82, 2.24) is 15.5 Å². The summed E-state index contributed by atoms with van der Waals surface area (Å²) in [6.45, 7) is 1.94. The number of hydrogen-bond acceptors (Lipinski definition) is 5. The lowest BCUT2D eigenvalue weighted by atomic mass is 10.1. The molecule has 0 radical (unpaired) electrons. The van der Waals surface area contributed by atoms with E-state index in [0.717, 1.165) is 6.42 Å². The van der Waals surface area contributed by atoms with Crippen LogP contribution in [0.3, 0.4) is 0 Å². The van der Waals surface area contributed by atoms with Crippen LogP contribution in [0.5, 0.6) is 0 Å². The maximum absolute atomic E-state index is 11.8. The number of carbonyl (C=O) groups excluding carboxylic acids is 1. The number of nitrogens with one attached hydrogen (secondary N) is 1. The molecular formula is C10H15N5O2. The highest BCUT2D eigenvalue weighted by Crippen LogP contribution is 2.00. The molecule has 1 aromatic rings. The first-order chi connectivity index (χ1) is 8.19. The zero-order valence-electron chi connectivity index (χ0n) is 9.50. The number of amidine groups is 1. The Labute approximate surface area is 98.7 Å². The highest BCUT2D eigenvalue weighted by atomic mass is 16.4. The van der Waals surface area contributed by atoms with Crippen molar-refractivity contribution in [2.45, 2.75) is 25.8 Å². The molecule has 1 amide bonds. The molecule has 0 aliphatic carbocycles. The number of carbonyl (C=O) groups is 1. The Hall–Kier alpha value is -2.18. The van der Waals surface area contributed by atoms with E-state index < -0.39 is 6.04 Å². The molecule has 0 spiro atoms. The van der Waals surface area contributed by atoms with Crippen molar-refractivity contribution in [2.75, 3.05) is 0 Å². The molecule has 0 aromatic carbocycles. The first-order valence-electron chi connectivity index (χ1n) is 5.24. The molecule has 1 rings (SSSR count). The summed E-state index contributed by atoms with van der Waals surface area (Å²) in [6, 6.07) is 1.06. The van der Waals surface area contributed by atoms with Gasteiger partial charge in [-0.05, 0) is 12.5 Å². The second-order valence-electron chi connectivity index (χ2n) is 3.47. The molecule has 0 aliphatic heterocycles. The van der Waals surface area contributed by atoms with Crippen molar-refractivity contribution in [3.05, 3.63) is 24.0 Å². The summed E-state index contributed by atoms with van der Waals surface area (Å²) in [5, 5.41) is 21.4. The van der Waals surface area contributed by atoms with Crippen LogP contribution in [0.4, 0.5) is 0 Å². The fourth-order valence-electron chi connectivity index (χ4n) is 1.32. The predicted molar refractivity (Wildman–Crippen MR) is 61.6 cm³/mol. The Balaban J connectivity index is 2.71. The van der Waals surface area contributed by atoms with E-state index in [-0.39, 0.29) is 11.7 Å². The molecule has 0 fully saturated rings. The van der Waals surface area contributed by atoms with Gasteiger partial charge in [0, 0.05) is 0 Å². The van der Waals surface area contributed by atoms with Crippen LogP contribution in [-0.2, 0) is 0 Å². The topological polar surface area (TPSA) is 113 Å². The third kappa shape index (κ3) is 3.71. The molecule has 92 valence electrons. The Bertz CT molecular complexity index is 393. The van der Waals surface area contributed by atoms with Gasteiger partial charge in [0.05, 0.1) is 24.0 Å². The fraction of sp³-hybridized carbons (Fsp3) is 0.400. The number of nitrogens with two attached hydrogens (primary N) is 1. The van der Waals surface area contributed by atoms with E-state index in [9.17, 15) is 4.79 Å². The van der Waals surface area contributed by atoms with Crippen LogP contribution in [0, 0.1) is 0 Å². The number of aromatic nitrogens is 2. The summed E-state index contributed by atoms with van der Waals surface area (Å²) in [4.78, 5) is 11.8. The van der Waals surface area contributed by atoms with Crippen molar-refractivity contribution in [3.8, 4) is 0 Å². The molecule has 0 aliphatic rings. The zero-order valence-corrected chi connectivity index (χ0v) is 9.50. The van der Waals surface area contributed by atoms with Gasteiger partial charge in [-0.25, -0.2) is 0 Å². The van der Waals surface area contributed by atoms with E-state index in [2.05, 4.69) is 20.7 Å². The zero-order chi connectivity index (χ0) is 12.7. The van der Waals surface area contributed by atoms with Gasteiger partial charge in [-0.15, -0.1) is 0 Å². The van der Waals surface area contributed by atoms with E-state index in [1.807, 2.05) is 6.92 Å². The molecule has 1 heterocycles. The summed E-state index contributed by atoms with van der Waals surface area (Å²) in [5.41, 5.74) is 5.87. The SMILES string of the molecule is CCCC(NC(=O)c1ccnnc1)/C(N)=N/O. The van der Waals surface area contributed by atoms with Gasteiger partial charge in [0.1, 0.15) is 0 Å². The third-order valence-electron chi connectivity index (χ3n) is 2.20. The maximum Gasteiger partial charge on any atom is 0.253 e. The van der Waals surface area contributed by atoms with Crippen LogP contribution in [0.15, 0.2) is 23.6 Å². The lowest BCUT2D eigenvalue weighted by Crippen LogP contribution is -2.44. The molecule has 1 atom stereocenters. The van der Waals surface area contributed by atoms with Crippen molar-refractivity contribution in [3.63, 3.8) is 0 Å². The Kier molecular flexibility index (Phi) is 4.86. The van der Waals surface area contributed by atoms with Gasteiger partial charge in [0.2, 0.25) is 0 Å².